The van der Waals surface area contributed by atoms with Crippen LogP contribution < -0.4 is 16.4 Å². The highest BCUT2D eigenvalue weighted by Crippen LogP contribution is 2.19. The summed E-state index contributed by atoms with van der Waals surface area (Å²) in [6.45, 7) is 5.65. The number of hydrogen-bond acceptors (Lipinski definition) is 6. The third-order valence-electron chi connectivity index (χ3n) is 4.37. The molecule has 1 aliphatic rings. The number of carboxylic acid groups (broad SMARTS) is 1. The molecule has 1 fully saturated rings. The zero-order valence-electron chi connectivity index (χ0n) is 16.0. The van der Waals surface area contributed by atoms with Crippen molar-refractivity contribution in [2.75, 3.05) is 12.3 Å². The molecular weight excluding hydrogens is 372 g/mol. The van der Waals surface area contributed by atoms with E-state index in [2.05, 4.69) is 23.3 Å². The summed E-state index contributed by atoms with van der Waals surface area (Å²) in [5.41, 5.74) is 5.54. The number of likely N-dealkylation sites (tertiary alicyclic amines) is 1. The van der Waals surface area contributed by atoms with Gasteiger partial charge in [-0.2, -0.15) is 12.6 Å². The fraction of sp³-hybridized carbons (Fsp3) is 0.765. The average Bonchev–Trinajstić information content (AvgIpc) is 3.07. The van der Waals surface area contributed by atoms with Crippen LogP contribution >= 0.6 is 12.6 Å². The summed E-state index contributed by atoms with van der Waals surface area (Å²) in [5, 5.41) is 14.4. The summed E-state index contributed by atoms with van der Waals surface area (Å²) in [5.74, 6) is -2.39. The Morgan fingerprint density at radius 3 is 2.22 bits per heavy atom. The first kappa shape index (κ1) is 23.2. The molecule has 154 valence electrons. The summed E-state index contributed by atoms with van der Waals surface area (Å²) in [4.78, 5) is 49.8. The molecule has 9 nitrogen and oxygen atoms in total. The summed E-state index contributed by atoms with van der Waals surface area (Å²) in [7, 11) is 0. The summed E-state index contributed by atoms with van der Waals surface area (Å²) >= 11 is 4.13. The van der Waals surface area contributed by atoms with Crippen LogP contribution in [-0.2, 0) is 19.2 Å². The van der Waals surface area contributed by atoms with Gasteiger partial charge in [0.1, 0.15) is 18.1 Å². The fourth-order valence-corrected chi connectivity index (χ4v) is 3.20. The highest BCUT2D eigenvalue weighted by atomic mass is 32.1. The van der Waals surface area contributed by atoms with E-state index in [1.165, 1.54) is 11.8 Å². The van der Waals surface area contributed by atoms with E-state index in [4.69, 9.17) is 5.73 Å². The van der Waals surface area contributed by atoms with Crippen LogP contribution in [-0.4, -0.2) is 70.2 Å². The van der Waals surface area contributed by atoms with Crippen molar-refractivity contribution >= 4 is 36.3 Å². The molecule has 4 unspecified atom stereocenters. The van der Waals surface area contributed by atoms with Crippen LogP contribution in [0.3, 0.4) is 0 Å². The molecule has 0 aliphatic carbocycles. The Morgan fingerprint density at radius 2 is 1.74 bits per heavy atom. The predicted octanol–water partition coefficient (Wildman–Crippen LogP) is -0.645. The van der Waals surface area contributed by atoms with Gasteiger partial charge in [0, 0.05) is 12.3 Å². The summed E-state index contributed by atoms with van der Waals surface area (Å²) in [6, 6.07) is -3.47. The molecule has 0 spiro atoms. The van der Waals surface area contributed by atoms with E-state index in [0.29, 0.717) is 25.8 Å². The highest BCUT2D eigenvalue weighted by Gasteiger charge is 2.38. The average molecular weight is 403 g/mol. The minimum atomic E-state index is -1.06. The van der Waals surface area contributed by atoms with Crippen molar-refractivity contribution in [3.8, 4) is 0 Å². The molecule has 1 heterocycles. The molecule has 4 atom stereocenters. The minimum Gasteiger partial charge on any atom is -0.480 e. The van der Waals surface area contributed by atoms with Crippen LogP contribution in [0.15, 0.2) is 0 Å². The lowest BCUT2D eigenvalue weighted by Crippen LogP contribution is -2.57. The van der Waals surface area contributed by atoms with E-state index in [9.17, 15) is 24.3 Å². The number of rotatable bonds is 9. The largest absolute Gasteiger partial charge is 0.480 e. The van der Waals surface area contributed by atoms with Gasteiger partial charge in [-0.3, -0.25) is 14.4 Å². The summed E-state index contributed by atoms with van der Waals surface area (Å²) in [6.07, 6.45) is 1.35. The zero-order valence-corrected chi connectivity index (χ0v) is 16.9. The van der Waals surface area contributed by atoms with Crippen molar-refractivity contribution in [1.29, 1.82) is 0 Å². The Kier molecular flexibility index (Phi) is 9.04. The Labute approximate surface area is 164 Å². The molecular formula is C17H30N4O5S. The van der Waals surface area contributed by atoms with Crippen molar-refractivity contribution in [2.45, 2.75) is 64.2 Å². The van der Waals surface area contributed by atoms with Gasteiger partial charge in [-0.25, -0.2) is 4.79 Å². The highest BCUT2D eigenvalue weighted by molar-refractivity contribution is 7.80. The van der Waals surface area contributed by atoms with Crippen LogP contribution in [0.2, 0.25) is 0 Å². The second-order valence-corrected chi connectivity index (χ2v) is 7.62. The molecule has 1 aliphatic heterocycles. The first-order chi connectivity index (χ1) is 12.6. The maximum atomic E-state index is 12.7. The molecule has 27 heavy (non-hydrogen) atoms. The molecule has 0 aromatic rings. The van der Waals surface area contributed by atoms with Gasteiger partial charge < -0.3 is 26.4 Å². The molecule has 3 amide bonds. The van der Waals surface area contributed by atoms with Crippen LogP contribution in [0.4, 0.5) is 0 Å². The fourth-order valence-electron chi connectivity index (χ4n) is 2.95. The Balaban J connectivity index is 2.85. The molecule has 10 heteroatoms. The molecule has 0 radical (unpaired) electrons. The number of aliphatic carboxylic acids is 1. The van der Waals surface area contributed by atoms with E-state index < -0.39 is 47.9 Å². The first-order valence-corrected chi connectivity index (χ1v) is 9.72. The lowest BCUT2D eigenvalue weighted by atomic mass is 10.0. The number of carbonyl (C=O) groups excluding carboxylic acids is 3. The van der Waals surface area contributed by atoms with E-state index in [0.717, 1.165) is 0 Å². The van der Waals surface area contributed by atoms with Gasteiger partial charge in [0.05, 0.1) is 6.04 Å². The molecule has 0 aromatic carbocycles. The van der Waals surface area contributed by atoms with Crippen molar-refractivity contribution < 1.29 is 24.3 Å². The Bertz CT molecular complexity index is 570. The van der Waals surface area contributed by atoms with Gasteiger partial charge in [0.2, 0.25) is 17.7 Å². The number of thiol groups is 1. The first-order valence-electron chi connectivity index (χ1n) is 9.08. The van der Waals surface area contributed by atoms with Crippen LogP contribution in [0.1, 0.15) is 40.0 Å². The third kappa shape index (κ3) is 6.69. The van der Waals surface area contributed by atoms with Crippen LogP contribution in [0, 0.1) is 5.92 Å². The molecule has 1 saturated heterocycles. The van der Waals surface area contributed by atoms with Gasteiger partial charge >= 0.3 is 5.97 Å². The van der Waals surface area contributed by atoms with Gasteiger partial charge in [0.15, 0.2) is 0 Å². The third-order valence-corrected chi connectivity index (χ3v) is 4.74. The Hall–Kier alpha value is -1.81. The number of carbonyl (C=O) groups is 4. The summed E-state index contributed by atoms with van der Waals surface area (Å²) < 4.78 is 0. The number of carboxylic acids is 1. The number of nitrogens with two attached hydrogens (primary N) is 1. The van der Waals surface area contributed by atoms with E-state index in [1.54, 1.807) is 0 Å². The topological polar surface area (TPSA) is 142 Å². The van der Waals surface area contributed by atoms with Crippen molar-refractivity contribution in [1.82, 2.24) is 15.5 Å². The second-order valence-electron chi connectivity index (χ2n) is 7.25. The number of nitrogens with one attached hydrogen (secondary N) is 2. The van der Waals surface area contributed by atoms with Gasteiger partial charge in [-0.05, 0) is 32.1 Å². The monoisotopic (exact) mass is 402 g/mol. The molecule has 0 aromatic heterocycles. The molecule has 5 N–H and O–H groups in total. The predicted molar refractivity (Wildman–Crippen MR) is 103 cm³/mol. The quantitative estimate of drug-likeness (QED) is 0.325. The molecule has 0 bridgehead atoms. The zero-order chi connectivity index (χ0) is 20.7. The van der Waals surface area contributed by atoms with E-state index in [-0.39, 0.29) is 11.7 Å². The SMILES string of the molecule is CC(C)CC(NC(=O)C(C)N)C(=O)NC(CS)C(=O)N1CCCC1C(=O)O. The van der Waals surface area contributed by atoms with Gasteiger partial charge in [-0.15, -0.1) is 0 Å². The van der Waals surface area contributed by atoms with Crippen molar-refractivity contribution in [3.05, 3.63) is 0 Å². The van der Waals surface area contributed by atoms with E-state index in [1.807, 2.05) is 13.8 Å². The standard InChI is InChI=1S/C17H30N4O5S/c1-9(2)7-11(19-14(22)10(3)18)15(23)20-12(8-27)16(24)21-6-4-5-13(21)17(25)26/h9-13,27H,4-8,18H2,1-3H3,(H,19,22)(H,20,23)(H,25,26). The van der Waals surface area contributed by atoms with E-state index >= 15 is 0 Å². The van der Waals surface area contributed by atoms with Crippen LogP contribution in [0.5, 0.6) is 0 Å². The minimum absolute atomic E-state index is 0.0169. The smallest absolute Gasteiger partial charge is 0.326 e. The maximum absolute atomic E-state index is 12.7. The van der Waals surface area contributed by atoms with Gasteiger partial charge in [-0.1, -0.05) is 13.8 Å². The lowest BCUT2D eigenvalue weighted by molar-refractivity contribution is -0.149. The molecule has 1 rings (SSSR count). The lowest BCUT2D eigenvalue weighted by Gasteiger charge is -2.28. The second kappa shape index (κ2) is 10.5. The van der Waals surface area contributed by atoms with Crippen LogP contribution in [0.25, 0.3) is 0 Å². The Morgan fingerprint density at radius 1 is 1.15 bits per heavy atom. The van der Waals surface area contributed by atoms with Crippen molar-refractivity contribution in [3.63, 3.8) is 0 Å². The van der Waals surface area contributed by atoms with Gasteiger partial charge in [0.25, 0.3) is 0 Å². The number of amides is 3. The molecule has 0 saturated carbocycles. The number of hydrogen-bond donors (Lipinski definition) is 5. The number of nitrogens with zero attached hydrogens (tertiary/aromatic N) is 1. The van der Waals surface area contributed by atoms with Crippen molar-refractivity contribution in [2.24, 2.45) is 11.7 Å². The maximum Gasteiger partial charge on any atom is 0.326 e. The normalized spacial score (nSPS) is 20.1.